The van der Waals surface area contributed by atoms with Crippen LogP contribution in [0.3, 0.4) is 0 Å². The molecule has 3 aliphatic heterocycles. The van der Waals surface area contributed by atoms with Crippen LogP contribution in [0.4, 0.5) is 0 Å². The summed E-state index contributed by atoms with van der Waals surface area (Å²) in [5.74, 6) is -2.95. The van der Waals surface area contributed by atoms with Gasteiger partial charge >= 0.3 is 0 Å². The molecule has 1 N–H and O–H groups in total. The van der Waals surface area contributed by atoms with Gasteiger partial charge < -0.3 is 33.2 Å². The Bertz CT molecular complexity index is 581. The molecular weight excluding hydrogens is 304 g/mol. The number of rotatable bonds is 2. The smallest absolute Gasteiger partial charge is 0.256 e. The van der Waals surface area contributed by atoms with Crippen molar-refractivity contribution < 1.29 is 33.2 Å². The molecule has 7 nitrogen and oxygen atoms in total. The van der Waals surface area contributed by atoms with Crippen LogP contribution in [0.1, 0.15) is 33.5 Å². The van der Waals surface area contributed by atoms with E-state index < -0.39 is 35.7 Å². The van der Waals surface area contributed by atoms with Crippen LogP contribution in [-0.2, 0) is 29.5 Å². The van der Waals surface area contributed by atoms with E-state index in [1.165, 1.54) is 6.26 Å². The van der Waals surface area contributed by atoms with Crippen LogP contribution in [0, 0.1) is 0 Å². The van der Waals surface area contributed by atoms with E-state index in [4.69, 9.17) is 28.1 Å². The first-order valence-corrected chi connectivity index (χ1v) is 7.82. The molecule has 0 unspecified atom stereocenters. The van der Waals surface area contributed by atoms with Crippen LogP contribution in [-0.4, -0.2) is 47.7 Å². The molecule has 3 saturated heterocycles. The maximum absolute atomic E-state index is 11.1. The van der Waals surface area contributed by atoms with Crippen LogP contribution >= 0.6 is 0 Å². The van der Waals surface area contributed by atoms with Gasteiger partial charge in [-0.05, 0) is 39.8 Å². The molecule has 0 aliphatic carbocycles. The van der Waals surface area contributed by atoms with Gasteiger partial charge in [0.1, 0.15) is 18.3 Å². The Kier molecular flexibility index (Phi) is 3.23. The zero-order chi connectivity index (χ0) is 16.5. The van der Waals surface area contributed by atoms with Gasteiger partial charge in [0.25, 0.3) is 5.79 Å². The van der Waals surface area contributed by atoms with Gasteiger partial charge in [0, 0.05) is 0 Å². The third-order valence-electron chi connectivity index (χ3n) is 4.43. The van der Waals surface area contributed by atoms with E-state index in [2.05, 4.69) is 0 Å². The minimum absolute atomic E-state index is 0.287. The number of ether oxygens (including phenoxy) is 5. The molecule has 1 aromatic rings. The van der Waals surface area contributed by atoms with Crippen LogP contribution in [0.2, 0.25) is 0 Å². The molecule has 3 fully saturated rings. The number of hydrogen-bond donors (Lipinski definition) is 1. The van der Waals surface area contributed by atoms with Crippen molar-refractivity contribution in [3.63, 3.8) is 0 Å². The van der Waals surface area contributed by atoms with Crippen molar-refractivity contribution in [3.05, 3.63) is 24.2 Å². The molecule has 0 aromatic carbocycles. The number of fused-ring (bicyclic) bond motifs is 1. The molecule has 0 amide bonds. The number of hydrogen-bond acceptors (Lipinski definition) is 7. The monoisotopic (exact) mass is 326 g/mol. The Morgan fingerprint density at radius 3 is 2.39 bits per heavy atom. The molecule has 0 saturated carbocycles. The van der Waals surface area contributed by atoms with E-state index in [9.17, 15) is 5.11 Å². The highest BCUT2D eigenvalue weighted by molar-refractivity contribution is 5.16. The first-order chi connectivity index (χ1) is 10.7. The maximum atomic E-state index is 11.1. The Hall–Kier alpha value is -0.960. The van der Waals surface area contributed by atoms with Crippen molar-refractivity contribution >= 4 is 0 Å². The first kappa shape index (κ1) is 15.6. The lowest BCUT2D eigenvalue weighted by molar-refractivity contribution is -0.297. The fourth-order valence-electron chi connectivity index (χ4n) is 3.52. The summed E-state index contributed by atoms with van der Waals surface area (Å²) < 4.78 is 34.7. The second-order valence-electron chi connectivity index (χ2n) is 7.14. The summed E-state index contributed by atoms with van der Waals surface area (Å²) in [6.45, 7) is 7.66. The first-order valence-electron chi connectivity index (χ1n) is 7.82. The van der Waals surface area contributed by atoms with E-state index in [1.807, 2.05) is 13.8 Å². The fourth-order valence-corrected chi connectivity index (χ4v) is 3.52. The van der Waals surface area contributed by atoms with Crippen LogP contribution in [0.5, 0.6) is 0 Å². The molecule has 0 bridgehead atoms. The highest BCUT2D eigenvalue weighted by atomic mass is 16.8. The Labute approximate surface area is 134 Å². The van der Waals surface area contributed by atoms with Gasteiger partial charge in [-0.2, -0.15) is 0 Å². The van der Waals surface area contributed by atoms with Gasteiger partial charge in [-0.15, -0.1) is 0 Å². The summed E-state index contributed by atoms with van der Waals surface area (Å²) in [4.78, 5) is 0. The van der Waals surface area contributed by atoms with Crippen molar-refractivity contribution in [2.45, 2.75) is 69.5 Å². The summed E-state index contributed by atoms with van der Waals surface area (Å²) in [5, 5.41) is 11.1. The van der Waals surface area contributed by atoms with E-state index in [0.29, 0.717) is 6.61 Å². The Balaban J connectivity index is 1.67. The van der Waals surface area contributed by atoms with E-state index in [-0.39, 0.29) is 11.9 Å². The van der Waals surface area contributed by atoms with Crippen molar-refractivity contribution in [2.24, 2.45) is 0 Å². The van der Waals surface area contributed by atoms with Crippen molar-refractivity contribution in [2.75, 3.05) is 6.61 Å². The minimum Gasteiger partial charge on any atom is -0.464 e. The topological polar surface area (TPSA) is 79.5 Å². The second kappa shape index (κ2) is 4.78. The lowest BCUT2D eigenvalue weighted by Gasteiger charge is -2.29. The van der Waals surface area contributed by atoms with Crippen molar-refractivity contribution in [1.82, 2.24) is 0 Å². The quantitative estimate of drug-likeness (QED) is 0.882. The average molecular weight is 326 g/mol. The van der Waals surface area contributed by atoms with E-state index >= 15 is 0 Å². The van der Waals surface area contributed by atoms with E-state index in [0.717, 1.165) is 0 Å². The van der Waals surface area contributed by atoms with Crippen LogP contribution in [0.25, 0.3) is 0 Å². The third-order valence-corrected chi connectivity index (χ3v) is 4.43. The van der Waals surface area contributed by atoms with Gasteiger partial charge in [-0.1, -0.05) is 0 Å². The summed E-state index contributed by atoms with van der Waals surface area (Å²) in [6, 6.07) is 3.35. The standard InChI is InChI=1S/C16H22O7/c1-14(2)19-8-9(20-14)11-12-13(23-15(3,4)21-12)16(17,22-11)10-6-5-7-18-10/h5-7,9,11-13,17H,8H2,1-4H3/t9-,11+,12-,13-,16-/m0/s1. The largest absolute Gasteiger partial charge is 0.464 e. The normalized spacial score (nSPS) is 44.6. The van der Waals surface area contributed by atoms with Crippen molar-refractivity contribution in [1.29, 1.82) is 0 Å². The molecule has 0 spiro atoms. The predicted molar refractivity (Wildman–Crippen MR) is 76.2 cm³/mol. The predicted octanol–water partition coefficient (Wildman–Crippen LogP) is 1.50. The average Bonchev–Trinajstić information content (AvgIpc) is 3.16. The van der Waals surface area contributed by atoms with Gasteiger partial charge in [-0.3, -0.25) is 0 Å². The molecule has 128 valence electrons. The van der Waals surface area contributed by atoms with Crippen LogP contribution < -0.4 is 0 Å². The summed E-state index contributed by atoms with van der Waals surface area (Å²) in [7, 11) is 0. The molecule has 1 aromatic heterocycles. The Morgan fingerprint density at radius 2 is 1.78 bits per heavy atom. The van der Waals surface area contributed by atoms with Gasteiger partial charge in [-0.25, -0.2) is 0 Å². The third kappa shape index (κ3) is 2.43. The van der Waals surface area contributed by atoms with E-state index in [1.54, 1.807) is 26.0 Å². The molecule has 0 radical (unpaired) electrons. The van der Waals surface area contributed by atoms with Gasteiger partial charge in [0.05, 0.1) is 12.9 Å². The lowest BCUT2D eigenvalue weighted by atomic mass is 10.0. The van der Waals surface area contributed by atoms with Crippen LogP contribution in [0.15, 0.2) is 22.8 Å². The van der Waals surface area contributed by atoms with Gasteiger partial charge in [0.15, 0.2) is 23.4 Å². The molecule has 7 heteroatoms. The zero-order valence-corrected chi connectivity index (χ0v) is 13.6. The highest BCUT2D eigenvalue weighted by Crippen LogP contribution is 2.49. The fraction of sp³-hybridized carbons (Fsp3) is 0.750. The number of furan rings is 1. The lowest BCUT2D eigenvalue weighted by Crippen LogP contribution is -2.41. The summed E-state index contributed by atoms with van der Waals surface area (Å²) in [5.41, 5.74) is 0. The summed E-state index contributed by atoms with van der Waals surface area (Å²) >= 11 is 0. The van der Waals surface area contributed by atoms with Gasteiger partial charge in [0.2, 0.25) is 0 Å². The SMILES string of the molecule is CC1(C)OC[C@@H]([C@H]2O[C@@](O)(c3ccco3)[C@H]3OC(C)(C)O[C@@H]23)O1. The zero-order valence-electron chi connectivity index (χ0n) is 13.6. The summed E-state index contributed by atoms with van der Waals surface area (Å²) in [6.07, 6.45) is -0.598. The molecule has 4 rings (SSSR count). The minimum atomic E-state index is -1.72. The highest BCUT2D eigenvalue weighted by Gasteiger charge is 2.66. The molecular formula is C16H22O7. The molecule has 4 heterocycles. The second-order valence-corrected chi connectivity index (χ2v) is 7.14. The molecule has 23 heavy (non-hydrogen) atoms. The Morgan fingerprint density at radius 1 is 1.00 bits per heavy atom. The molecule has 5 atom stereocenters. The molecule has 3 aliphatic rings. The number of aliphatic hydroxyl groups is 1. The maximum Gasteiger partial charge on any atom is 0.256 e. The van der Waals surface area contributed by atoms with Crippen molar-refractivity contribution in [3.8, 4) is 0 Å².